The van der Waals surface area contributed by atoms with Gasteiger partial charge in [0, 0.05) is 73.2 Å². The van der Waals surface area contributed by atoms with E-state index in [0.717, 1.165) is 55.1 Å². The number of fused-ring (bicyclic) bond motifs is 1. The van der Waals surface area contributed by atoms with Gasteiger partial charge in [0.2, 0.25) is 15.9 Å². The van der Waals surface area contributed by atoms with Gasteiger partial charge in [0.15, 0.2) is 0 Å². The van der Waals surface area contributed by atoms with Crippen LogP contribution in [0.4, 0.5) is 13.2 Å². The molecule has 1 aromatic heterocycles. The molecule has 0 spiro atoms. The van der Waals surface area contributed by atoms with Crippen LogP contribution in [0.3, 0.4) is 0 Å². The Balaban J connectivity index is 1.41. The maximum Gasteiger partial charge on any atom is 0.417 e. The number of nitrogens with zero attached hydrogens (tertiary/aromatic N) is 5. The van der Waals surface area contributed by atoms with Crippen LogP contribution in [0.25, 0.3) is 11.3 Å². The number of amides is 1. The first kappa shape index (κ1) is 32.3. The molecule has 9 nitrogen and oxygen atoms in total. The third-order valence-corrected chi connectivity index (χ3v) is 11.0. The Kier molecular flexibility index (Phi) is 10.1. The van der Waals surface area contributed by atoms with E-state index in [-0.39, 0.29) is 23.4 Å². The van der Waals surface area contributed by atoms with Crippen molar-refractivity contribution < 1.29 is 26.4 Å². The molecular weight excluding hydrogens is 601 g/mol. The largest absolute Gasteiger partial charge is 0.417 e. The van der Waals surface area contributed by atoms with E-state index in [1.54, 1.807) is 13.0 Å². The fourth-order valence-corrected chi connectivity index (χ4v) is 8.11. The van der Waals surface area contributed by atoms with Crippen molar-refractivity contribution in [3.8, 4) is 11.3 Å². The lowest BCUT2D eigenvalue weighted by Crippen LogP contribution is -2.54. The molecule has 1 atom stereocenters. The van der Waals surface area contributed by atoms with Crippen LogP contribution in [0.15, 0.2) is 23.1 Å². The highest BCUT2D eigenvalue weighted by molar-refractivity contribution is 7.99. The van der Waals surface area contributed by atoms with Crippen LogP contribution < -0.4 is 5.32 Å². The van der Waals surface area contributed by atoms with Crippen LogP contribution in [-0.2, 0) is 40.5 Å². The molecular formula is C29H41F3N6O3S2. The Morgan fingerprint density at radius 2 is 1.84 bits per heavy atom. The molecule has 1 N–H and O–H groups in total. The number of thioether (sulfide) groups is 1. The summed E-state index contributed by atoms with van der Waals surface area (Å²) in [5.74, 6) is 0.309. The number of carbonyl (C=O) groups excluding carboxylic acids is 1. The molecule has 0 radical (unpaired) electrons. The standard InChI is InChI=1S/C29H41F3N6O3S2/c1-21-28(39)33-10-16-36(21)17-18-42-26-19-22(7-8-24(26)29(30,31)32)27-23-20-37(43(2,40)41)15-9-25(23)38(34-27)14-6-13-35-11-4-3-5-12-35/h7-8,19,21H,3-6,9-18,20H2,1-2H3,(H,33,39). The lowest BCUT2D eigenvalue weighted by Gasteiger charge is -2.32. The number of piperidine rings is 1. The molecule has 1 aromatic carbocycles. The highest BCUT2D eigenvalue weighted by Gasteiger charge is 2.35. The summed E-state index contributed by atoms with van der Waals surface area (Å²) in [5.41, 5.74) is 2.10. The lowest BCUT2D eigenvalue weighted by atomic mass is 10.0. The predicted octanol–water partition coefficient (Wildman–Crippen LogP) is 3.68. The van der Waals surface area contributed by atoms with E-state index in [0.29, 0.717) is 56.2 Å². The van der Waals surface area contributed by atoms with Gasteiger partial charge in [-0.15, -0.1) is 11.8 Å². The molecule has 5 rings (SSSR count). The van der Waals surface area contributed by atoms with Crippen molar-refractivity contribution in [1.82, 2.24) is 29.2 Å². The van der Waals surface area contributed by atoms with Crippen LogP contribution in [0.1, 0.15) is 49.4 Å². The van der Waals surface area contributed by atoms with E-state index >= 15 is 0 Å². The van der Waals surface area contributed by atoms with E-state index in [1.165, 1.54) is 35.9 Å². The van der Waals surface area contributed by atoms with E-state index in [1.807, 2.05) is 9.58 Å². The summed E-state index contributed by atoms with van der Waals surface area (Å²) in [5, 5.41) is 7.70. The lowest BCUT2D eigenvalue weighted by molar-refractivity contribution is -0.139. The summed E-state index contributed by atoms with van der Waals surface area (Å²) >= 11 is 1.12. The minimum absolute atomic E-state index is 0.0753. The zero-order valence-corrected chi connectivity index (χ0v) is 26.5. The number of nitrogens with one attached hydrogen (secondary N) is 1. The quantitative estimate of drug-likeness (QED) is 0.396. The average molecular weight is 643 g/mol. The predicted molar refractivity (Wildman–Crippen MR) is 161 cm³/mol. The van der Waals surface area contributed by atoms with Gasteiger partial charge >= 0.3 is 6.18 Å². The van der Waals surface area contributed by atoms with Gasteiger partial charge in [-0.3, -0.25) is 14.4 Å². The number of likely N-dealkylation sites (tertiary alicyclic amines) is 1. The van der Waals surface area contributed by atoms with Gasteiger partial charge in [-0.25, -0.2) is 8.42 Å². The van der Waals surface area contributed by atoms with Gasteiger partial charge < -0.3 is 10.2 Å². The number of carbonyl (C=O) groups is 1. The zero-order valence-electron chi connectivity index (χ0n) is 24.8. The molecule has 43 heavy (non-hydrogen) atoms. The first-order chi connectivity index (χ1) is 20.4. The van der Waals surface area contributed by atoms with Crippen molar-refractivity contribution in [2.45, 2.75) is 69.2 Å². The third kappa shape index (κ3) is 7.75. The summed E-state index contributed by atoms with van der Waals surface area (Å²) in [7, 11) is -3.45. The summed E-state index contributed by atoms with van der Waals surface area (Å²) in [6.07, 6.45) is 1.74. The average Bonchev–Trinajstić information content (AvgIpc) is 3.33. The Morgan fingerprint density at radius 1 is 1.07 bits per heavy atom. The normalized spacial score (nSPS) is 21.1. The second-order valence-corrected chi connectivity index (χ2v) is 14.8. The van der Waals surface area contributed by atoms with Gasteiger partial charge in [0.1, 0.15) is 0 Å². The number of hydrogen-bond acceptors (Lipinski definition) is 7. The monoisotopic (exact) mass is 642 g/mol. The second-order valence-electron chi connectivity index (χ2n) is 11.7. The molecule has 1 amide bonds. The molecule has 2 aromatic rings. The van der Waals surface area contributed by atoms with Crippen molar-refractivity contribution in [1.29, 1.82) is 0 Å². The molecule has 3 aliphatic rings. The second kappa shape index (κ2) is 13.5. The molecule has 238 valence electrons. The number of aromatic nitrogens is 2. The minimum atomic E-state index is -4.53. The first-order valence-electron chi connectivity index (χ1n) is 15.0. The molecule has 3 aliphatic heterocycles. The maximum atomic E-state index is 14.1. The molecule has 14 heteroatoms. The Hall–Kier alpha value is -2.13. The van der Waals surface area contributed by atoms with Crippen molar-refractivity contribution in [2.24, 2.45) is 0 Å². The fourth-order valence-electron chi connectivity index (χ4n) is 6.22. The molecule has 1 unspecified atom stereocenters. The molecule has 2 fully saturated rings. The summed E-state index contributed by atoms with van der Waals surface area (Å²) in [6, 6.07) is 3.77. The van der Waals surface area contributed by atoms with Crippen molar-refractivity contribution in [3.05, 3.63) is 35.0 Å². The highest BCUT2D eigenvalue weighted by atomic mass is 32.2. The number of sulfonamides is 1. The maximum absolute atomic E-state index is 14.1. The Bertz CT molecular complexity index is 1410. The number of aryl methyl sites for hydroxylation is 1. The number of benzene rings is 1. The minimum Gasteiger partial charge on any atom is -0.353 e. The van der Waals surface area contributed by atoms with Crippen LogP contribution >= 0.6 is 11.8 Å². The highest BCUT2D eigenvalue weighted by Crippen LogP contribution is 2.40. The summed E-state index contributed by atoms with van der Waals surface area (Å²) in [6.45, 7) is 7.77. The first-order valence-corrected chi connectivity index (χ1v) is 17.9. The van der Waals surface area contributed by atoms with Gasteiger partial charge in [0.05, 0.1) is 23.6 Å². The van der Waals surface area contributed by atoms with E-state index < -0.39 is 21.8 Å². The van der Waals surface area contributed by atoms with Crippen LogP contribution in [-0.4, -0.2) is 102 Å². The zero-order chi connectivity index (χ0) is 30.8. The van der Waals surface area contributed by atoms with Crippen LogP contribution in [0.2, 0.25) is 0 Å². The molecule has 4 heterocycles. The van der Waals surface area contributed by atoms with Crippen LogP contribution in [0.5, 0.6) is 0 Å². The number of alkyl halides is 3. The Morgan fingerprint density at radius 3 is 2.56 bits per heavy atom. The van der Waals surface area contributed by atoms with E-state index in [4.69, 9.17) is 5.10 Å². The van der Waals surface area contributed by atoms with Crippen LogP contribution in [0, 0.1) is 0 Å². The Labute approximate surface area is 256 Å². The van der Waals surface area contributed by atoms with Gasteiger partial charge in [0.25, 0.3) is 0 Å². The topological polar surface area (TPSA) is 90.8 Å². The SMILES string of the molecule is CC1C(=O)NCCN1CCSc1cc(-c2nn(CCCN3CCCCC3)c3c2CN(S(C)(=O)=O)CC3)ccc1C(F)(F)F. The van der Waals surface area contributed by atoms with Crippen molar-refractivity contribution in [3.63, 3.8) is 0 Å². The van der Waals surface area contributed by atoms with Gasteiger partial charge in [-0.2, -0.15) is 22.6 Å². The number of hydrogen-bond donors (Lipinski definition) is 1. The number of rotatable bonds is 10. The third-order valence-electron chi connectivity index (χ3n) is 8.68. The summed E-state index contributed by atoms with van der Waals surface area (Å²) in [4.78, 5) is 16.6. The fraction of sp³-hybridized carbons (Fsp3) is 0.655. The molecule has 0 aliphatic carbocycles. The molecule has 0 bridgehead atoms. The molecule has 0 saturated carbocycles. The van der Waals surface area contributed by atoms with Crippen molar-refractivity contribution in [2.75, 3.05) is 57.8 Å². The van der Waals surface area contributed by atoms with E-state index in [2.05, 4.69) is 10.2 Å². The molecule has 2 saturated heterocycles. The van der Waals surface area contributed by atoms with Gasteiger partial charge in [-0.1, -0.05) is 12.5 Å². The van der Waals surface area contributed by atoms with Gasteiger partial charge in [-0.05, 0) is 58.0 Å². The number of piperazine rings is 1. The number of halogens is 3. The summed E-state index contributed by atoms with van der Waals surface area (Å²) < 4.78 is 70.4. The van der Waals surface area contributed by atoms with Crippen molar-refractivity contribution >= 4 is 27.7 Å². The van der Waals surface area contributed by atoms with E-state index in [9.17, 15) is 26.4 Å². The smallest absolute Gasteiger partial charge is 0.353 e.